The van der Waals surface area contributed by atoms with Gasteiger partial charge in [-0.1, -0.05) is 80.4 Å². The number of aromatic nitrogens is 2. The van der Waals surface area contributed by atoms with Gasteiger partial charge in [0.25, 0.3) is 5.91 Å². The van der Waals surface area contributed by atoms with Crippen molar-refractivity contribution in [3.63, 3.8) is 0 Å². The fourth-order valence-electron chi connectivity index (χ4n) is 3.09. The van der Waals surface area contributed by atoms with Crippen molar-refractivity contribution in [3.05, 3.63) is 72.2 Å². The highest BCUT2D eigenvalue weighted by atomic mass is 32.1. The highest BCUT2D eigenvalue weighted by Gasteiger charge is 2.11. The molecule has 0 atom stereocenters. The van der Waals surface area contributed by atoms with Crippen LogP contribution in [0.4, 0.5) is 0 Å². The van der Waals surface area contributed by atoms with Crippen molar-refractivity contribution < 1.29 is 9.53 Å². The molecule has 0 radical (unpaired) electrons. The lowest BCUT2D eigenvalue weighted by Gasteiger charge is -2.03. The molecule has 168 valence electrons. The van der Waals surface area contributed by atoms with Gasteiger partial charge in [0.1, 0.15) is 6.33 Å². The van der Waals surface area contributed by atoms with Crippen LogP contribution in [0.5, 0.6) is 5.06 Å². The summed E-state index contributed by atoms with van der Waals surface area (Å²) < 4.78 is 7.28. The van der Waals surface area contributed by atoms with Crippen LogP contribution in [-0.4, -0.2) is 22.1 Å². The summed E-state index contributed by atoms with van der Waals surface area (Å²) in [5.74, 6) is -0.0662. The second-order valence-electron chi connectivity index (χ2n) is 7.45. The van der Waals surface area contributed by atoms with Crippen LogP contribution < -0.4 is 4.74 Å². The third-order valence-electron chi connectivity index (χ3n) is 4.82. The van der Waals surface area contributed by atoms with Gasteiger partial charge in [-0.3, -0.25) is 9.36 Å². The lowest BCUT2D eigenvalue weighted by molar-refractivity contribution is 0.0964. The minimum absolute atomic E-state index is 0.0662. The number of allylic oxidation sites excluding steroid dienone is 6. The van der Waals surface area contributed by atoms with Crippen LogP contribution in [-0.2, 0) is 0 Å². The molecule has 0 aromatic carbocycles. The van der Waals surface area contributed by atoms with Crippen molar-refractivity contribution >= 4 is 17.2 Å². The molecule has 2 rings (SSSR count). The Bertz CT molecular complexity index is 803. The predicted octanol–water partition coefficient (Wildman–Crippen LogP) is 7.60. The zero-order valence-electron chi connectivity index (χ0n) is 18.7. The maximum absolute atomic E-state index is 12.2. The standard InChI is InChI=1S/C26H36N2O2S/c1-2-3-4-5-6-7-8-9-10-11-12-13-14-15-16-17-22-30-25-19-18-24(31-25)26(29)28-21-20-27-23-28/h3-4,6-7,9-10,18-21,23H,2,5,8,11-17,22H2,1H3. The van der Waals surface area contributed by atoms with E-state index in [1.54, 1.807) is 12.4 Å². The van der Waals surface area contributed by atoms with E-state index in [4.69, 9.17) is 4.74 Å². The van der Waals surface area contributed by atoms with Crippen molar-refractivity contribution in [2.24, 2.45) is 0 Å². The van der Waals surface area contributed by atoms with Crippen LogP contribution in [0, 0.1) is 0 Å². The zero-order valence-corrected chi connectivity index (χ0v) is 19.6. The van der Waals surface area contributed by atoms with Crippen LogP contribution in [0.25, 0.3) is 0 Å². The summed E-state index contributed by atoms with van der Waals surface area (Å²) in [5, 5.41) is 0.808. The molecule has 0 fully saturated rings. The van der Waals surface area contributed by atoms with E-state index in [1.807, 2.05) is 12.1 Å². The molecule has 0 bridgehead atoms. The van der Waals surface area contributed by atoms with E-state index in [1.165, 1.54) is 60.8 Å². The first-order valence-corrected chi connectivity index (χ1v) is 12.3. The molecular formula is C26H36N2O2S. The quantitative estimate of drug-likeness (QED) is 0.199. The highest BCUT2D eigenvalue weighted by Crippen LogP contribution is 2.25. The van der Waals surface area contributed by atoms with E-state index in [2.05, 4.69) is 48.4 Å². The largest absolute Gasteiger partial charge is 0.484 e. The fraction of sp³-hybridized carbons (Fsp3) is 0.462. The van der Waals surface area contributed by atoms with Gasteiger partial charge < -0.3 is 4.74 Å². The molecular weight excluding hydrogens is 404 g/mol. The molecule has 5 heteroatoms. The minimum atomic E-state index is -0.0662. The fourth-order valence-corrected chi connectivity index (χ4v) is 3.91. The summed E-state index contributed by atoms with van der Waals surface area (Å²) in [6, 6.07) is 3.69. The first-order valence-electron chi connectivity index (χ1n) is 11.5. The van der Waals surface area contributed by atoms with Gasteiger partial charge in [0.2, 0.25) is 0 Å². The molecule has 0 N–H and O–H groups in total. The lowest BCUT2D eigenvalue weighted by Crippen LogP contribution is -2.07. The highest BCUT2D eigenvalue weighted by molar-refractivity contribution is 7.15. The number of rotatable bonds is 16. The number of hydrogen-bond acceptors (Lipinski definition) is 4. The number of ether oxygens (including phenoxy) is 1. The number of carbonyl (C=O) groups is 1. The first-order chi connectivity index (χ1) is 15.3. The Morgan fingerprint density at radius 3 is 2.42 bits per heavy atom. The molecule has 2 aromatic heterocycles. The van der Waals surface area contributed by atoms with Gasteiger partial charge >= 0.3 is 0 Å². The van der Waals surface area contributed by atoms with Crippen molar-refractivity contribution in [2.75, 3.05) is 6.61 Å². The Balaban J connectivity index is 1.41. The minimum Gasteiger partial charge on any atom is -0.484 e. The number of nitrogens with zero attached hydrogens (tertiary/aromatic N) is 2. The van der Waals surface area contributed by atoms with Crippen molar-refractivity contribution in [2.45, 2.75) is 71.1 Å². The molecule has 4 nitrogen and oxygen atoms in total. The van der Waals surface area contributed by atoms with Crippen LogP contribution in [0.3, 0.4) is 0 Å². The number of imidazole rings is 1. The Morgan fingerprint density at radius 2 is 1.68 bits per heavy atom. The van der Waals surface area contributed by atoms with Crippen LogP contribution in [0.15, 0.2) is 67.3 Å². The molecule has 0 unspecified atom stereocenters. The van der Waals surface area contributed by atoms with Crippen LogP contribution in [0.2, 0.25) is 0 Å². The topological polar surface area (TPSA) is 44.1 Å². The van der Waals surface area contributed by atoms with Gasteiger partial charge in [0, 0.05) is 12.4 Å². The summed E-state index contributed by atoms with van der Waals surface area (Å²) in [7, 11) is 0. The lowest BCUT2D eigenvalue weighted by atomic mass is 10.1. The number of hydrogen-bond donors (Lipinski definition) is 0. The average molecular weight is 441 g/mol. The monoisotopic (exact) mass is 440 g/mol. The van der Waals surface area contributed by atoms with E-state index >= 15 is 0 Å². The van der Waals surface area contributed by atoms with Gasteiger partial charge in [-0.15, -0.1) is 0 Å². The summed E-state index contributed by atoms with van der Waals surface area (Å²) in [6.07, 6.45) is 30.1. The Labute approximate surface area is 191 Å². The SMILES string of the molecule is CCC=CCC=CCC=CCCCCCCCCOc1ccc(C(=O)n2ccnc2)s1. The molecule has 2 heterocycles. The third kappa shape index (κ3) is 11.0. The van der Waals surface area contributed by atoms with Crippen LogP contribution >= 0.6 is 11.3 Å². The average Bonchev–Trinajstić information content (AvgIpc) is 3.48. The molecule has 0 saturated heterocycles. The van der Waals surface area contributed by atoms with Crippen molar-refractivity contribution in [1.82, 2.24) is 9.55 Å². The maximum atomic E-state index is 12.2. The maximum Gasteiger partial charge on any atom is 0.273 e. The summed E-state index contributed by atoms with van der Waals surface area (Å²) in [6.45, 7) is 2.87. The second kappa shape index (κ2) is 16.3. The number of thiophene rings is 1. The Morgan fingerprint density at radius 1 is 0.968 bits per heavy atom. The first kappa shape index (κ1) is 24.9. The van der Waals surface area contributed by atoms with Gasteiger partial charge in [0.15, 0.2) is 5.06 Å². The van der Waals surface area contributed by atoms with E-state index < -0.39 is 0 Å². The van der Waals surface area contributed by atoms with Gasteiger partial charge in [0.05, 0.1) is 11.5 Å². The zero-order chi connectivity index (χ0) is 22.0. The molecule has 0 aliphatic carbocycles. The van der Waals surface area contributed by atoms with Gasteiger partial charge in [-0.2, -0.15) is 0 Å². The number of unbranched alkanes of at least 4 members (excludes halogenated alkanes) is 6. The predicted molar refractivity (Wildman–Crippen MR) is 131 cm³/mol. The van der Waals surface area contributed by atoms with E-state index in [0.717, 1.165) is 30.7 Å². The second-order valence-corrected chi connectivity index (χ2v) is 8.49. The van der Waals surface area contributed by atoms with Crippen LogP contribution in [0.1, 0.15) is 80.8 Å². The Kier molecular flexibility index (Phi) is 13.1. The van der Waals surface area contributed by atoms with E-state index in [0.29, 0.717) is 11.5 Å². The smallest absolute Gasteiger partial charge is 0.273 e. The molecule has 31 heavy (non-hydrogen) atoms. The molecule has 0 saturated carbocycles. The molecule has 0 amide bonds. The molecule has 0 aliphatic rings. The third-order valence-corrected chi connectivity index (χ3v) is 5.81. The molecule has 0 spiro atoms. The summed E-state index contributed by atoms with van der Waals surface area (Å²) in [5.41, 5.74) is 0. The summed E-state index contributed by atoms with van der Waals surface area (Å²) in [4.78, 5) is 16.8. The molecule has 2 aromatic rings. The van der Waals surface area contributed by atoms with Gasteiger partial charge in [-0.25, -0.2) is 4.98 Å². The van der Waals surface area contributed by atoms with Crippen molar-refractivity contribution in [1.29, 1.82) is 0 Å². The summed E-state index contributed by atoms with van der Waals surface area (Å²) >= 11 is 1.39. The normalized spacial score (nSPS) is 11.9. The Hall–Kier alpha value is -2.40. The van der Waals surface area contributed by atoms with Gasteiger partial charge in [-0.05, 0) is 50.7 Å². The van der Waals surface area contributed by atoms with E-state index in [9.17, 15) is 4.79 Å². The number of carbonyl (C=O) groups excluding carboxylic acids is 1. The van der Waals surface area contributed by atoms with Crippen molar-refractivity contribution in [3.8, 4) is 5.06 Å². The van der Waals surface area contributed by atoms with E-state index in [-0.39, 0.29) is 5.91 Å². The molecule has 0 aliphatic heterocycles.